The largest absolute Gasteiger partial charge is 0.497 e. The van der Waals surface area contributed by atoms with Crippen molar-refractivity contribution in [2.75, 3.05) is 14.2 Å². The molecule has 124 valence electrons. The van der Waals surface area contributed by atoms with Crippen molar-refractivity contribution in [3.8, 4) is 5.75 Å². The fraction of sp³-hybridized carbons (Fsp3) is 0.238. The normalized spacial score (nSPS) is 10.8. The van der Waals surface area contributed by atoms with Gasteiger partial charge >= 0.3 is 0 Å². The molecule has 0 aliphatic heterocycles. The number of hydrogen-bond acceptors (Lipinski definition) is 2. The summed E-state index contributed by atoms with van der Waals surface area (Å²) >= 11 is 0. The zero-order valence-electron chi connectivity index (χ0n) is 14.6. The number of allylic oxidation sites excluding steroid dienone is 1. The minimum absolute atomic E-state index is 0.813. The van der Waals surface area contributed by atoms with Gasteiger partial charge in [-0.3, -0.25) is 0 Å². The fourth-order valence-corrected chi connectivity index (χ4v) is 3.15. The van der Waals surface area contributed by atoms with E-state index in [0.717, 1.165) is 24.4 Å². The van der Waals surface area contributed by atoms with Crippen LogP contribution < -0.4 is 10.1 Å². The van der Waals surface area contributed by atoms with Gasteiger partial charge in [0.05, 0.1) is 7.11 Å². The molecule has 24 heavy (non-hydrogen) atoms. The molecule has 1 N–H and O–H groups in total. The highest BCUT2D eigenvalue weighted by Gasteiger charge is 2.15. The predicted molar refractivity (Wildman–Crippen MR) is 101 cm³/mol. The summed E-state index contributed by atoms with van der Waals surface area (Å²) in [5.41, 5.74) is 6.13. The number of benzene rings is 2. The lowest BCUT2D eigenvalue weighted by Gasteiger charge is -2.10. The van der Waals surface area contributed by atoms with Crippen LogP contribution in [0.25, 0.3) is 10.9 Å². The lowest BCUT2D eigenvalue weighted by atomic mass is 10.1. The third kappa shape index (κ3) is 3.02. The monoisotopic (exact) mass is 320 g/mol. The van der Waals surface area contributed by atoms with E-state index < -0.39 is 0 Å². The summed E-state index contributed by atoms with van der Waals surface area (Å²) in [5.74, 6) is 0.885. The summed E-state index contributed by atoms with van der Waals surface area (Å²) in [5, 5.41) is 4.39. The van der Waals surface area contributed by atoms with Crippen molar-refractivity contribution < 1.29 is 4.74 Å². The first-order valence-corrected chi connectivity index (χ1v) is 8.19. The Bertz CT molecular complexity index is 862. The van der Waals surface area contributed by atoms with Gasteiger partial charge in [-0.15, -0.1) is 0 Å². The average Bonchev–Trinajstić information content (AvgIpc) is 2.87. The molecule has 3 rings (SSSR count). The van der Waals surface area contributed by atoms with Crippen LogP contribution in [0.15, 0.2) is 60.8 Å². The molecule has 0 radical (unpaired) electrons. The van der Waals surface area contributed by atoms with Gasteiger partial charge in [0.1, 0.15) is 5.75 Å². The SMILES string of the molecule is C=C(Cc1c(C)n(Cc2ccccc2)c2ccc(OC)cc12)NC. The quantitative estimate of drug-likeness (QED) is 0.733. The second-order valence-corrected chi connectivity index (χ2v) is 6.05. The summed E-state index contributed by atoms with van der Waals surface area (Å²) in [6.45, 7) is 7.15. The lowest BCUT2D eigenvalue weighted by molar-refractivity contribution is 0.415. The molecule has 0 aliphatic rings. The van der Waals surface area contributed by atoms with Crippen LogP contribution in [0.3, 0.4) is 0 Å². The Hall–Kier alpha value is -2.68. The first kappa shape index (κ1) is 16.2. The molecule has 0 saturated carbocycles. The Morgan fingerprint density at radius 2 is 1.92 bits per heavy atom. The van der Waals surface area contributed by atoms with Gasteiger partial charge in [-0.05, 0) is 36.2 Å². The number of methoxy groups -OCH3 is 1. The minimum atomic E-state index is 0.813. The molecule has 0 saturated heterocycles. The minimum Gasteiger partial charge on any atom is -0.497 e. The smallest absolute Gasteiger partial charge is 0.119 e. The van der Waals surface area contributed by atoms with Crippen LogP contribution in [-0.4, -0.2) is 18.7 Å². The third-order valence-electron chi connectivity index (χ3n) is 4.59. The Kier molecular flexibility index (Phi) is 4.61. The van der Waals surface area contributed by atoms with Crippen LogP contribution in [0.5, 0.6) is 5.75 Å². The molecular weight excluding hydrogens is 296 g/mol. The number of nitrogens with zero attached hydrogens (tertiary/aromatic N) is 1. The van der Waals surface area contributed by atoms with E-state index in [9.17, 15) is 0 Å². The highest BCUT2D eigenvalue weighted by Crippen LogP contribution is 2.31. The summed E-state index contributed by atoms with van der Waals surface area (Å²) in [4.78, 5) is 0. The van der Waals surface area contributed by atoms with Gasteiger partial charge in [-0.1, -0.05) is 36.9 Å². The number of hydrogen-bond donors (Lipinski definition) is 1. The van der Waals surface area contributed by atoms with Crippen LogP contribution >= 0.6 is 0 Å². The van der Waals surface area contributed by atoms with Crippen molar-refractivity contribution in [3.05, 3.63) is 77.6 Å². The highest BCUT2D eigenvalue weighted by molar-refractivity contribution is 5.87. The Morgan fingerprint density at radius 1 is 1.17 bits per heavy atom. The maximum atomic E-state index is 5.43. The van der Waals surface area contributed by atoms with E-state index in [1.165, 1.54) is 27.7 Å². The summed E-state index contributed by atoms with van der Waals surface area (Å²) in [6, 6.07) is 16.9. The molecule has 3 nitrogen and oxygen atoms in total. The predicted octanol–water partition coefficient (Wildman–Crippen LogP) is 4.28. The summed E-state index contributed by atoms with van der Waals surface area (Å²) in [7, 11) is 3.63. The number of likely N-dealkylation sites (N-methyl/N-ethyl adjacent to an activating group) is 1. The molecule has 0 unspecified atom stereocenters. The van der Waals surface area contributed by atoms with E-state index in [4.69, 9.17) is 4.74 Å². The van der Waals surface area contributed by atoms with E-state index in [2.05, 4.69) is 65.9 Å². The molecule has 1 heterocycles. The van der Waals surface area contributed by atoms with E-state index >= 15 is 0 Å². The van der Waals surface area contributed by atoms with Crippen LogP contribution in [0.4, 0.5) is 0 Å². The maximum absolute atomic E-state index is 5.43. The van der Waals surface area contributed by atoms with Crippen molar-refractivity contribution >= 4 is 10.9 Å². The molecule has 0 fully saturated rings. The molecular formula is C21H24N2O. The van der Waals surface area contributed by atoms with E-state index in [-0.39, 0.29) is 0 Å². The Morgan fingerprint density at radius 3 is 2.58 bits per heavy atom. The Balaban J connectivity index is 2.14. The van der Waals surface area contributed by atoms with Gasteiger partial charge in [-0.25, -0.2) is 0 Å². The number of rotatable bonds is 6. The number of aromatic nitrogens is 1. The number of ether oxygens (including phenoxy) is 1. The van der Waals surface area contributed by atoms with Crippen molar-refractivity contribution in [1.82, 2.24) is 9.88 Å². The van der Waals surface area contributed by atoms with Crippen LogP contribution in [-0.2, 0) is 13.0 Å². The molecule has 1 aromatic heterocycles. The van der Waals surface area contributed by atoms with Crippen LogP contribution in [0.2, 0.25) is 0 Å². The molecule has 0 spiro atoms. The van der Waals surface area contributed by atoms with E-state index in [1.54, 1.807) is 7.11 Å². The van der Waals surface area contributed by atoms with Crippen LogP contribution in [0, 0.1) is 6.92 Å². The molecule has 0 bridgehead atoms. The lowest BCUT2D eigenvalue weighted by Crippen LogP contribution is -2.08. The number of fused-ring (bicyclic) bond motifs is 1. The highest BCUT2D eigenvalue weighted by atomic mass is 16.5. The zero-order chi connectivity index (χ0) is 17.1. The van der Waals surface area contributed by atoms with Gasteiger partial charge in [0.25, 0.3) is 0 Å². The first-order valence-electron chi connectivity index (χ1n) is 8.19. The third-order valence-corrected chi connectivity index (χ3v) is 4.59. The van der Waals surface area contributed by atoms with Gasteiger partial charge in [0.15, 0.2) is 0 Å². The molecule has 2 aromatic carbocycles. The second-order valence-electron chi connectivity index (χ2n) is 6.05. The van der Waals surface area contributed by atoms with Gasteiger partial charge in [-0.2, -0.15) is 0 Å². The van der Waals surface area contributed by atoms with Gasteiger partial charge in [0, 0.05) is 42.3 Å². The van der Waals surface area contributed by atoms with Gasteiger partial charge in [0.2, 0.25) is 0 Å². The summed E-state index contributed by atoms with van der Waals surface area (Å²) in [6.07, 6.45) is 0.813. The molecule has 3 heteroatoms. The zero-order valence-corrected chi connectivity index (χ0v) is 14.6. The average molecular weight is 320 g/mol. The van der Waals surface area contributed by atoms with Crippen molar-refractivity contribution in [3.63, 3.8) is 0 Å². The van der Waals surface area contributed by atoms with Crippen molar-refractivity contribution in [1.29, 1.82) is 0 Å². The second kappa shape index (κ2) is 6.83. The Labute approximate surface area is 143 Å². The maximum Gasteiger partial charge on any atom is 0.119 e. The molecule has 0 aliphatic carbocycles. The number of nitrogens with one attached hydrogen (secondary N) is 1. The first-order chi connectivity index (χ1) is 11.6. The molecule has 3 aromatic rings. The fourth-order valence-electron chi connectivity index (χ4n) is 3.15. The topological polar surface area (TPSA) is 26.2 Å². The summed E-state index contributed by atoms with van der Waals surface area (Å²) < 4.78 is 7.81. The molecule has 0 atom stereocenters. The standard InChI is InChI=1S/C21H24N2O/c1-15(22-3)12-19-16(2)23(14-17-8-6-5-7-9-17)21-11-10-18(24-4)13-20(19)21/h5-11,13,22H,1,12,14H2,2-4H3. The van der Waals surface area contributed by atoms with E-state index in [1.807, 2.05) is 13.1 Å². The van der Waals surface area contributed by atoms with Crippen molar-refractivity contribution in [2.24, 2.45) is 0 Å². The van der Waals surface area contributed by atoms with Gasteiger partial charge < -0.3 is 14.6 Å². The van der Waals surface area contributed by atoms with E-state index in [0.29, 0.717) is 0 Å². The molecule has 0 amide bonds. The van der Waals surface area contributed by atoms with Crippen molar-refractivity contribution in [2.45, 2.75) is 19.9 Å². The van der Waals surface area contributed by atoms with Crippen LogP contribution in [0.1, 0.15) is 16.8 Å².